The van der Waals surface area contributed by atoms with Crippen molar-refractivity contribution in [3.8, 4) is 5.75 Å². The number of ether oxygens (including phenoxy) is 1. The van der Waals surface area contributed by atoms with Gasteiger partial charge in [-0.2, -0.15) is 4.99 Å². The van der Waals surface area contributed by atoms with Gasteiger partial charge < -0.3 is 4.74 Å². The van der Waals surface area contributed by atoms with Gasteiger partial charge in [0, 0.05) is 6.42 Å². The smallest absolute Gasteiger partial charge is 0.240 e. The molecule has 0 spiro atoms. The van der Waals surface area contributed by atoms with Crippen molar-refractivity contribution in [3.05, 3.63) is 23.8 Å². The molecular weight excluding hydrogens is 254 g/mol. The lowest BCUT2D eigenvalue weighted by molar-refractivity contribution is 0.0977. The zero-order valence-electron chi connectivity index (χ0n) is 12.1. The molecule has 20 heavy (non-hydrogen) atoms. The number of unbranched alkanes of at least 4 members (excludes halogenated alkanes) is 2. The third-order valence-electron chi connectivity index (χ3n) is 2.93. The van der Waals surface area contributed by atoms with Crippen molar-refractivity contribution in [2.24, 2.45) is 4.99 Å². The second-order valence-corrected chi connectivity index (χ2v) is 4.59. The quantitative estimate of drug-likeness (QED) is 0.293. The van der Waals surface area contributed by atoms with E-state index in [4.69, 9.17) is 4.74 Å². The Labute approximate surface area is 119 Å². The number of hydrogen-bond donors (Lipinski definition) is 0. The Kier molecular flexibility index (Phi) is 7.30. The van der Waals surface area contributed by atoms with Crippen LogP contribution in [0.25, 0.3) is 0 Å². The Hall–Kier alpha value is -1.93. The van der Waals surface area contributed by atoms with Crippen LogP contribution >= 0.6 is 0 Å². The first-order valence-electron chi connectivity index (χ1n) is 7.11. The highest BCUT2D eigenvalue weighted by Crippen LogP contribution is 2.32. The van der Waals surface area contributed by atoms with Gasteiger partial charge in [-0.3, -0.25) is 4.79 Å². The van der Waals surface area contributed by atoms with Gasteiger partial charge in [-0.05, 0) is 25.0 Å². The fourth-order valence-corrected chi connectivity index (χ4v) is 1.92. The lowest BCUT2D eigenvalue weighted by Gasteiger charge is -2.12. The van der Waals surface area contributed by atoms with Crippen LogP contribution in [-0.4, -0.2) is 18.5 Å². The molecule has 0 aliphatic heterocycles. The molecule has 0 unspecified atom stereocenters. The van der Waals surface area contributed by atoms with Gasteiger partial charge in [0.1, 0.15) is 5.69 Å². The van der Waals surface area contributed by atoms with Crippen molar-refractivity contribution in [2.45, 2.75) is 46.0 Å². The van der Waals surface area contributed by atoms with Gasteiger partial charge in [0.2, 0.25) is 6.08 Å². The van der Waals surface area contributed by atoms with Gasteiger partial charge in [0.15, 0.2) is 11.5 Å². The average Bonchev–Trinajstić information content (AvgIpc) is 2.45. The third kappa shape index (κ3) is 4.63. The molecule has 4 heteroatoms. The largest absolute Gasteiger partial charge is 0.491 e. The Morgan fingerprint density at radius 2 is 2.05 bits per heavy atom. The maximum absolute atomic E-state index is 12.1. The van der Waals surface area contributed by atoms with E-state index in [9.17, 15) is 9.59 Å². The Bertz CT molecular complexity index is 490. The average molecular weight is 275 g/mol. The Morgan fingerprint density at radius 3 is 2.70 bits per heavy atom. The van der Waals surface area contributed by atoms with Crippen molar-refractivity contribution in [1.29, 1.82) is 0 Å². The number of isocyanates is 1. The molecule has 0 aliphatic rings. The predicted octanol–water partition coefficient (Wildman–Crippen LogP) is 4.21. The van der Waals surface area contributed by atoms with Crippen molar-refractivity contribution in [3.63, 3.8) is 0 Å². The molecule has 0 amide bonds. The summed E-state index contributed by atoms with van der Waals surface area (Å²) in [5.74, 6) is 0.423. The monoisotopic (exact) mass is 275 g/mol. The molecule has 0 aromatic heterocycles. The fourth-order valence-electron chi connectivity index (χ4n) is 1.92. The highest BCUT2D eigenvalue weighted by Gasteiger charge is 2.15. The van der Waals surface area contributed by atoms with Crippen LogP contribution in [0.5, 0.6) is 5.75 Å². The Morgan fingerprint density at radius 1 is 1.25 bits per heavy atom. The van der Waals surface area contributed by atoms with Crippen molar-refractivity contribution >= 4 is 17.6 Å². The van der Waals surface area contributed by atoms with E-state index in [1.54, 1.807) is 18.2 Å². The van der Waals surface area contributed by atoms with Gasteiger partial charge in [-0.1, -0.05) is 32.8 Å². The van der Waals surface area contributed by atoms with Crippen molar-refractivity contribution < 1.29 is 14.3 Å². The van der Waals surface area contributed by atoms with E-state index in [0.717, 1.165) is 25.7 Å². The molecule has 0 bridgehead atoms. The number of aliphatic imine (C=N–C) groups is 1. The summed E-state index contributed by atoms with van der Waals surface area (Å²) in [6.07, 6.45) is 5.82. The third-order valence-corrected chi connectivity index (χ3v) is 2.93. The lowest BCUT2D eigenvalue weighted by Crippen LogP contribution is -2.05. The first-order valence-corrected chi connectivity index (χ1v) is 7.11. The minimum Gasteiger partial charge on any atom is -0.491 e. The molecule has 4 nitrogen and oxygen atoms in total. The standard InChI is InChI=1S/C16H21NO3/c1-3-5-6-11-20-16-13(15(19)8-4-2)9-7-10-14(16)17-12-18/h7,9-10H,3-6,8,11H2,1-2H3. The number of nitrogens with zero attached hydrogens (tertiary/aromatic N) is 1. The fraction of sp³-hybridized carbons (Fsp3) is 0.500. The highest BCUT2D eigenvalue weighted by molar-refractivity contribution is 6.00. The molecule has 0 radical (unpaired) electrons. The predicted molar refractivity (Wildman–Crippen MR) is 78.5 cm³/mol. The van der Waals surface area contributed by atoms with E-state index in [1.807, 2.05) is 6.92 Å². The summed E-state index contributed by atoms with van der Waals surface area (Å²) in [5, 5.41) is 0. The van der Waals surface area contributed by atoms with E-state index in [-0.39, 0.29) is 5.78 Å². The summed E-state index contributed by atoms with van der Waals surface area (Å²) in [6, 6.07) is 5.08. The molecule has 0 saturated carbocycles. The molecule has 1 rings (SSSR count). The SMILES string of the molecule is CCCCCOc1c(N=C=O)cccc1C(=O)CCC. The van der Waals surface area contributed by atoms with Crippen LogP contribution in [0.15, 0.2) is 23.2 Å². The Balaban J connectivity index is 2.99. The number of ketones is 1. The molecule has 108 valence electrons. The minimum atomic E-state index is 0.0148. The van der Waals surface area contributed by atoms with Crippen molar-refractivity contribution in [1.82, 2.24) is 0 Å². The molecule has 0 fully saturated rings. The molecule has 1 aromatic rings. The first kappa shape index (κ1) is 16.1. The van der Waals surface area contributed by atoms with Crippen LogP contribution in [0.1, 0.15) is 56.3 Å². The highest BCUT2D eigenvalue weighted by atomic mass is 16.5. The number of benzene rings is 1. The minimum absolute atomic E-state index is 0.0148. The van der Waals surface area contributed by atoms with Crippen LogP contribution in [0.3, 0.4) is 0 Å². The summed E-state index contributed by atoms with van der Waals surface area (Å²) in [7, 11) is 0. The second kappa shape index (κ2) is 9.05. The maximum atomic E-state index is 12.1. The number of carbonyl (C=O) groups excluding carboxylic acids is 2. The molecule has 0 atom stereocenters. The molecular formula is C16H21NO3. The van der Waals surface area contributed by atoms with Crippen molar-refractivity contribution in [2.75, 3.05) is 6.61 Å². The van der Waals surface area contributed by atoms with E-state index in [2.05, 4.69) is 11.9 Å². The summed E-state index contributed by atoms with van der Waals surface area (Å²) in [5.41, 5.74) is 0.873. The summed E-state index contributed by atoms with van der Waals surface area (Å²) >= 11 is 0. The van der Waals surface area contributed by atoms with Crippen LogP contribution in [-0.2, 0) is 4.79 Å². The zero-order chi connectivity index (χ0) is 14.8. The molecule has 0 heterocycles. The molecule has 0 aliphatic carbocycles. The second-order valence-electron chi connectivity index (χ2n) is 4.59. The number of Topliss-reactive ketones (excluding diaryl/α,β-unsaturated/α-hetero) is 1. The van der Waals surface area contributed by atoms with E-state index < -0.39 is 0 Å². The van der Waals surface area contributed by atoms with Gasteiger partial charge in [-0.15, -0.1) is 0 Å². The zero-order valence-corrected chi connectivity index (χ0v) is 12.1. The lowest BCUT2D eigenvalue weighted by atomic mass is 10.0. The van der Waals surface area contributed by atoms with Crippen LogP contribution < -0.4 is 4.74 Å². The van der Waals surface area contributed by atoms with Gasteiger partial charge in [0.25, 0.3) is 0 Å². The molecule has 1 aromatic carbocycles. The van der Waals surface area contributed by atoms with Gasteiger partial charge in [-0.25, -0.2) is 4.79 Å². The topological polar surface area (TPSA) is 55.7 Å². The summed E-state index contributed by atoms with van der Waals surface area (Å²) in [6.45, 7) is 4.58. The number of hydrogen-bond acceptors (Lipinski definition) is 4. The summed E-state index contributed by atoms with van der Waals surface area (Å²) < 4.78 is 5.70. The van der Waals surface area contributed by atoms with E-state index in [1.165, 1.54) is 6.08 Å². The molecule has 0 saturated heterocycles. The number of carbonyl (C=O) groups is 1. The van der Waals surface area contributed by atoms with Gasteiger partial charge in [0.05, 0.1) is 12.2 Å². The first-order chi connectivity index (χ1) is 9.74. The van der Waals surface area contributed by atoms with Gasteiger partial charge >= 0.3 is 0 Å². The van der Waals surface area contributed by atoms with Crippen LogP contribution in [0.2, 0.25) is 0 Å². The molecule has 0 N–H and O–H groups in total. The number of para-hydroxylation sites is 1. The maximum Gasteiger partial charge on any atom is 0.240 e. The van der Waals surface area contributed by atoms with Crippen LogP contribution in [0, 0.1) is 0 Å². The van der Waals surface area contributed by atoms with E-state index in [0.29, 0.717) is 30.0 Å². The van der Waals surface area contributed by atoms with E-state index >= 15 is 0 Å². The van der Waals surface area contributed by atoms with Crippen LogP contribution in [0.4, 0.5) is 5.69 Å². The summed E-state index contributed by atoms with van der Waals surface area (Å²) in [4.78, 5) is 26.2. The number of rotatable bonds is 9. The normalized spacial score (nSPS) is 9.90.